The SMILES string of the molecule is CO[C@H]1CC[C@H](n2c([C@H]3COCC(=O)N3)nc3cc(C)ccc32)CC1. The molecule has 1 saturated heterocycles. The first-order valence-corrected chi connectivity index (χ1v) is 9.04. The van der Waals surface area contributed by atoms with Crippen molar-refractivity contribution in [3.63, 3.8) is 0 Å². The number of imidazole rings is 1. The number of benzene rings is 1. The number of hydrogen-bond donors (Lipinski definition) is 1. The van der Waals surface area contributed by atoms with Crippen molar-refractivity contribution in [3.8, 4) is 0 Å². The smallest absolute Gasteiger partial charge is 0.246 e. The van der Waals surface area contributed by atoms with Crippen LogP contribution in [0.4, 0.5) is 0 Å². The first-order chi connectivity index (χ1) is 12.2. The highest BCUT2D eigenvalue weighted by molar-refractivity contribution is 5.79. The maximum atomic E-state index is 11.8. The van der Waals surface area contributed by atoms with Gasteiger partial charge >= 0.3 is 0 Å². The Balaban J connectivity index is 1.74. The summed E-state index contributed by atoms with van der Waals surface area (Å²) in [4.78, 5) is 16.7. The first kappa shape index (κ1) is 16.5. The van der Waals surface area contributed by atoms with E-state index in [1.54, 1.807) is 7.11 Å². The summed E-state index contributed by atoms with van der Waals surface area (Å²) in [5.74, 6) is 0.837. The zero-order valence-electron chi connectivity index (χ0n) is 14.8. The molecule has 1 atom stereocenters. The van der Waals surface area contributed by atoms with E-state index in [2.05, 4.69) is 35.0 Å². The molecule has 0 unspecified atom stereocenters. The Morgan fingerprint density at radius 3 is 2.80 bits per heavy atom. The summed E-state index contributed by atoms with van der Waals surface area (Å²) in [5.41, 5.74) is 3.32. The highest BCUT2D eigenvalue weighted by atomic mass is 16.5. The molecule has 1 aliphatic heterocycles. The number of aryl methyl sites for hydroxylation is 1. The minimum absolute atomic E-state index is 0.0749. The van der Waals surface area contributed by atoms with Gasteiger partial charge < -0.3 is 19.4 Å². The Labute approximate surface area is 147 Å². The number of morpholine rings is 1. The number of nitrogens with zero attached hydrogens (tertiary/aromatic N) is 2. The molecule has 134 valence electrons. The number of hydrogen-bond acceptors (Lipinski definition) is 4. The molecule has 4 rings (SSSR count). The summed E-state index contributed by atoms with van der Waals surface area (Å²) < 4.78 is 13.3. The molecule has 2 aliphatic rings. The number of nitrogens with one attached hydrogen (secondary N) is 1. The second-order valence-corrected chi connectivity index (χ2v) is 7.13. The lowest BCUT2D eigenvalue weighted by atomic mass is 9.92. The fourth-order valence-corrected chi connectivity index (χ4v) is 4.08. The van der Waals surface area contributed by atoms with E-state index in [0.29, 0.717) is 18.8 Å². The molecule has 2 fully saturated rings. The van der Waals surface area contributed by atoms with Gasteiger partial charge in [0.1, 0.15) is 18.5 Å². The number of carbonyl (C=O) groups excluding carboxylic acids is 1. The van der Waals surface area contributed by atoms with Gasteiger partial charge in [-0.1, -0.05) is 6.07 Å². The van der Waals surface area contributed by atoms with Crippen molar-refractivity contribution in [2.75, 3.05) is 20.3 Å². The Hall–Kier alpha value is -1.92. The van der Waals surface area contributed by atoms with Gasteiger partial charge in [0.2, 0.25) is 5.91 Å². The van der Waals surface area contributed by atoms with Crippen LogP contribution in [0.25, 0.3) is 11.0 Å². The largest absolute Gasteiger partial charge is 0.381 e. The van der Waals surface area contributed by atoms with Gasteiger partial charge in [-0.15, -0.1) is 0 Å². The number of rotatable bonds is 3. The standard InChI is InChI=1S/C19H25N3O3/c1-12-3-8-17-15(9-12)21-19(16-10-25-11-18(23)20-16)22(17)13-4-6-14(24-2)7-5-13/h3,8-9,13-14,16H,4-7,10-11H2,1-2H3,(H,20,23)/t13-,14-,16-/m1/s1. The normalized spacial score (nSPS) is 27.4. The van der Waals surface area contributed by atoms with Crippen molar-refractivity contribution in [1.82, 2.24) is 14.9 Å². The summed E-state index contributed by atoms with van der Waals surface area (Å²) in [6, 6.07) is 6.58. The molecule has 1 saturated carbocycles. The molecular formula is C19H25N3O3. The minimum atomic E-state index is -0.186. The average Bonchev–Trinajstić information content (AvgIpc) is 3.00. The molecule has 0 bridgehead atoms. The summed E-state index contributed by atoms with van der Waals surface area (Å²) in [6.45, 7) is 2.68. The van der Waals surface area contributed by atoms with Gasteiger partial charge in [0.05, 0.1) is 23.7 Å². The van der Waals surface area contributed by atoms with E-state index in [-0.39, 0.29) is 18.6 Å². The van der Waals surface area contributed by atoms with E-state index >= 15 is 0 Å². The van der Waals surface area contributed by atoms with Crippen molar-refractivity contribution in [1.29, 1.82) is 0 Å². The van der Waals surface area contributed by atoms with Crippen LogP contribution in [-0.2, 0) is 14.3 Å². The number of methoxy groups -OCH3 is 1. The Morgan fingerprint density at radius 1 is 1.28 bits per heavy atom. The van der Waals surface area contributed by atoms with Gasteiger partial charge in [-0.05, 0) is 50.3 Å². The molecule has 1 aromatic heterocycles. The highest BCUT2D eigenvalue weighted by Crippen LogP contribution is 2.35. The number of ether oxygens (including phenoxy) is 2. The topological polar surface area (TPSA) is 65.4 Å². The molecule has 6 heteroatoms. The monoisotopic (exact) mass is 343 g/mol. The molecule has 25 heavy (non-hydrogen) atoms. The van der Waals surface area contributed by atoms with Crippen LogP contribution in [0.5, 0.6) is 0 Å². The lowest BCUT2D eigenvalue weighted by Gasteiger charge is -2.32. The third kappa shape index (κ3) is 3.16. The van der Waals surface area contributed by atoms with Crippen LogP contribution in [0.3, 0.4) is 0 Å². The fourth-order valence-electron chi connectivity index (χ4n) is 4.08. The Morgan fingerprint density at radius 2 is 2.08 bits per heavy atom. The quantitative estimate of drug-likeness (QED) is 0.930. The van der Waals surface area contributed by atoms with E-state index < -0.39 is 0 Å². The zero-order valence-corrected chi connectivity index (χ0v) is 14.8. The summed E-state index contributed by atoms with van der Waals surface area (Å²) in [5, 5.41) is 3.04. The van der Waals surface area contributed by atoms with Gasteiger partial charge in [-0.3, -0.25) is 4.79 Å². The van der Waals surface area contributed by atoms with Crippen molar-refractivity contribution in [3.05, 3.63) is 29.6 Å². The molecule has 1 N–H and O–H groups in total. The van der Waals surface area contributed by atoms with Crippen LogP contribution >= 0.6 is 0 Å². The predicted octanol–water partition coefficient (Wildman–Crippen LogP) is 2.66. The first-order valence-electron chi connectivity index (χ1n) is 9.04. The van der Waals surface area contributed by atoms with Crippen LogP contribution < -0.4 is 5.32 Å². The predicted molar refractivity (Wildman–Crippen MR) is 94.5 cm³/mol. The fraction of sp³-hybridized carbons (Fsp3) is 0.579. The second kappa shape index (κ2) is 6.77. The van der Waals surface area contributed by atoms with Gasteiger partial charge in [0.25, 0.3) is 0 Å². The van der Waals surface area contributed by atoms with E-state index in [4.69, 9.17) is 14.5 Å². The van der Waals surface area contributed by atoms with Crippen molar-refractivity contribution in [2.24, 2.45) is 0 Å². The molecular weight excluding hydrogens is 318 g/mol. The van der Waals surface area contributed by atoms with E-state index in [1.807, 2.05) is 0 Å². The average molecular weight is 343 g/mol. The van der Waals surface area contributed by atoms with Crippen LogP contribution in [-0.4, -0.2) is 41.9 Å². The van der Waals surface area contributed by atoms with Gasteiger partial charge in [0, 0.05) is 13.2 Å². The van der Waals surface area contributed by atoms with E-state index in [9.17, 15) is 4.79 Å². The summed E-state index contributed by atoms with van der Waals surface area (Å²) in [7, 11) is 1.79. The molecule has 1 aliphatic carbocycles. The van der Waals surface area contributed by atoms with Gasteiger partial charge in [0.15, 0.2) is 0 Å². The minimum Gasteiger partial charge on any atom is -0.381 e. The van der Waals surface area contributed by atoms with Crippen LogP contribution in [0.2, 0.25) is 0 Å². The van der Waals surface area contributed by atoms with E-state index in [1.165, 1.54) is 5.56 Å². The van der Waals surface area contributed by atoms with Crippen molar-refractivity contribution in [2.45, 2.75) is 50.8 Å². The third-order valence-electron chi connectivity index (χ3n) is 5.38. The maximum Gasteiger partial charge on any atom is 0.246 e. The Kier molecular flexibility index (Phi) is 4.48. The van der Waals surface area contributed by atoms with Gasteiger partial charge in [-0.2, -0.15) is 0 Å². The number of fused-ring (bicyclic) bond motifs is 1. The van der Waals surface area contributed by atoms with Crippen LogP contribution in [0.1, 0.15) is 49.2 Å². The Bertz CT molecular complexity index is 778. The maximum absolute atomic E-state index is 11.8. The van der Waals surface area contributed by atoms with Crippen molar-refractivity contribution >= 4 is 16.9 Å². The summed E-state index contributed by atoms with van der Waals surface area (Å²) in [6.07, 6.45) is 4.59. The zero-order chi connectivity index (χ0) is 17.4. The van der Waals surface area contributed by atoms with E-state index in [0.717, 1.165) is 42.5 Å². The molecule has 0 radical (unpaired) electrons. The summed E-state index contributed by atoms with van der Waals surface area (Å²) >= 11 is 0. The molecule has 1 amide bonds. The lowest BCUT2D eigenvalue weighted by Crippen LogP contribution is -2.41. The molecule has 2 aromatic rings. The molecule has 6 nitrogen and oxygen atoms in total. The molecule has 2 heterocycles. The lowest BCUT2D eigenvalue weighted by molar-refractivity contribution is -0.131. The highest BCUT2D eigenvalue weighted by Gasteiger charge is 2.30. The van der Waals surface area contributed by atoms with Crippen LogP contribution in [0.15, 0.2) is 18.2 Å². The van der Waals surface area contributed by atoms with Gasteiger partial charge in [-0.25, -0.2) is 4.98 Å². The third-order valence-corrected chi connectivity index (χ3v) is 5.38. The number of aromatic nitrogens is 2. The second-order valence-electron chi connectivity index (χ2n) is 7.13. The van der Waals surface area contributed by atoms with Crippen LogP contribution in [0, 0.1) is 6.92 Å². The number of carbonyl (C=O) groups is 1. The molecule has 0 spiro atoms. The number of amides is 1. The molecule has 1 aromatic carbocycles. The van der Waals surface area contributed by atoms with Crippen molar-refractivity contribution < 1.29 is 14.3 Å².